The number of ether oxygens (including phenoxy) is 1. The van der Waals surface area contributed by atoms with Gasteiger partial charge in [0.15, 0.2) is 0 Å². The van der Waals surface area contributed by atoms with Crippen molar-refractivity contribution in [2.45, 2.75) is 58.7 Å². The molecule has 0 bridgehead atoms. The number of fused-ring (bicyclic) bond motifs is 1. The zero-order valence-electron chi connectivity index (χ0n) is 16.7. The number of hydrogen-bond donors (Lipinski definition) is 1. The summed E-state index contributed by atoms with van der Waals surface area (Å²) in [6, 6.07) is 15.8. The molecule has 0 aliphatic carbocycles. The van der Waals surface area contributed by atoms with Crippen LogP contribution in [0.25, 0.3) is 0 Å². The largest absolute Gasteiger partial charge is 0.458 e. The van der Waals surface area contributed by atoms with Crippen molar-refractivity contribution < 1.29 is 9.84 Å². The van der Waals surface area contributed by atoms with Gasteiger partial charge in [-0.15, -0.1) is 0 Å². The fraction of sp³-hybridized carbons (Fsp3) is 0.360. The van der Waals surface area contributed by atoms with Crippen LogP contribution in [0, 0.1) is 0 Å². The van der Waals surface area contributed by atoms with E-state index in [9.17, 15) is 5.11 Å². The summed E-state index contributed by atoms with van der Waals surface area (Å²) in [4.78, 5) is 0. The number of hydrogen-bond acceptors (Lipinski definition) is 2. The molecule has 2 aromatic carbocycles. The molecule has 1 heterocycles. The summed E-state index contributed by atoms with van der Waals surface area (Å²) in [6.45, 7) is 6.50. The Hall–Kier alpha value is -2.32. The molecular formula is C25H30O2. The molecule has 2 heteroatoms. The molecule has 1 N–H and O–H groups in total. The van der Waals surface area contributed by atoms with Gasteiger partial charge in [0.1, 0.15) is 5.75 Å². The van der Waals surface area contributed by atoms with Gasteiger partial charge >= 0.3 is 0 Å². The third-order valence-electron chi connectivity index (χ3n) is 5.21. The number of allylic oxidation sites excluding steroid dienone is 4. The minimum absolute atomic E-state index is 0.574. The molecule has 0 amide bonds. The first-order valence-electron chi connectivity index (χ1n) is 9.84. The maximum absolute atomic E-state index is 11.0. The minimum Gasteiger partial charge on any atom is -0.458 e. The molecule has 2 nitrogen and oxygen atoms in total. The number of aliphatic hydroxyl groups is 1. The fourth-order valence-electron chi connectivity index (χ4n) is 3.59. The Morgan fingerprint density at radius 3 is 2.56 bits per heavy atom. The van der Waals surface area contributed by atoms with Crippen LogP contribution in [0.15, 0.2) is 71.8 Å². The Kier molecular flexibility index (Phi) is 6.18. The van der Waals surface area contributed by atoms with Crippen LogP contribution in [-0.4, -0.2) is 5.11 Å². The lowest BCUT2D eigenvalue weighted by Crippen LogP contribution is -2.36. The predicted molar refractivity (Wildman–Crippen MR) is 112 cm³/mol. The van der Waals surface area contributed by atoms with E-state index in [4.69, 9.17) is 4.74 Å². The Bertz CT molecular complexity index is 829. The average Bonchev–Trinajstić information content (AvgIpc) is 2.66. The third-order valence-corrected chi connectivity index (χ3v) is 5.21. The number of benzene rings is 2. The molecule has 0 fully saturated rings. The van der Waals surface area contributed by atoms with Crippen molar-refractivity contribution in [1.29, 1.82) is 0 Å². The van der Waals surface area contributed by atoms with E-state index in [1.807, 2.05) is 42.5 Å². The van der Waals surface area contributed by atoms with Gasteiger partial charge in [-0.2, -0.15) is 0 Å². The summed E-state index contributed by atoms with van der Waals surface area (Å²) in [5.74, 6) is -0.427. The highest BCUT2D eigenvalue weighted by molar-refractivity contribution is 5.44. The van der Waals surface area contributed by atoms with Crippen LogP contribution < -0.4 is 4.74 Å². The van der Waals surface area contributed by atoms with Crippen LogP contribution in [0.5, 0.6) is 5.75 Å². The molecule has 2 aromatic rings. The van der Waals surface area contributed by atoms with Crippen molar-refractivity contribution in [1.82, 2.24) is 0 Å². The zero-order valence-corrected chi connectivity index (χ0v) is 16.7. The Labute approximate surface area is 163 Å². The summed E-state index contributed by atoms with van der Waals surface area (Å²) in [5, 5.41) is 11.0. The summed E-state index contributed by atoms with van der Waals surface area (Å²) < 4.78 is 6.07. The maximum Gasteiger partial charge on any atom is 0.235 e. The molecule has 1 unspecified atom stereocenters. The van der Waals surface area contributed by atoms with Crippen molar-refractivity contribution in [3.63, 3.8) is 0 Å². The summed E-state index contributed by atoms with van der Waals surface area (Å²) in [7, 11) is 0. The molecule has 0 spiro atoms. The molecule has 0 radical (unpaired) electrons. The molecule has 0 aromatic heterocycles. The van der Waals surface area contributed by atoms with Gasteiger partial charge < -0.3 is 9.84 Å². The second-order valence-electron chi connectivity index (χ2n) is 7.72. The fourth-order valence-corrected chi connectivity index (χ4v) is 3.59. The van der Waals surface area contributed by atoms with Gasteiger partial charge in [0.25, 0.3) is 0 Å². The minimum atomic E-state index is -1.23. The lowest BCUT2D eigenvalue weighted by Gasteiger charge is -2.35. The standard InChI is InChI=1S/C25H30O2/c1-19(2)9-7-10-20(3)15-16-21-11-8-14-24-23(21)17-18-25(26,27-24)22-12-5-4-6-13-22/h4-6,8-9,11-15,26H,7,10,16-18H2,1-3H3/b20-15+. The molecule has 27 heavy (non-hydrogen) atoms. The Morgan fingerprint density at radius 2 is 1.81 bits per heavy atom. The van der Waals surface area contributed by atoms with E-state index in [-0.39, 0.29) is 0 Å². The van der Waals surface area contributed by atoms with Crippen molar-refractivity contribution in [3.05, 3.63) is 88.5 Å². The zero-order chi connectivity index (χ0) is 19.3. The van der Waals surface area contributed by atoms with Gasteiger partial charge in [0.2, 0.25) is 5.79 Å². The molecular weight excluding hydrogens is 332 g/mol. The smallest absolute Gasteiger partial charge is 0.235 e. The molecule has 1 aliphatic rings. The van der Waals surface area contributed by atoms with Crippen molar-refractivity contribution in [2.75, 3.05) is 0 Å². The van der Waals surface area contributed by atoms with Crippen LogP contribution >= 0.6 is 0 Å². The van der Waals surface area contributed by atoms with Gasteiger partial charge in [-0.1, -0.05) is 65.8 Å². The highest BCUT2D eigenvalue weighted by Crippen LogP contribution is 2.39. The van der Waals surface area contributed by atoms with Gasteiger partial charge in [0, 0.05) is 12.0 Å². The number of rotatable bonds is 6. The summed E-state index contributed by atoms with van der Waals surface area (Å²) >= 11 is 0. The van der Waals surface area contributed by atoms with Gasteiger partial charge in [-0.05, 0) is 63.6 Å². The predicted octanol–water partition coefficient (Wildman–Crippen LogP) is 6.09. The van der Waals surface area contributed by atoms with Crippen LogP contribution in [0.3, 0.4) is 0 Å². The van der Waals surface area contributed by atoms with E-state index >= 15 is 0 Å². The monoisotopic (exact) mass is 362 g/mol. The lowest BCUT2D eigenvalue weighted by atomic mass is 9.90. The van der Waals surface area contributed by atoms with Crippen molar-refractivity contribution >= 4 is 0 Å². The SMILES string of the molecule is CC(C)=CCC/C(C)=C/Cc1cccc2c1CCC(O)(c1ccccc1)O2. The second-order valence-corrected chi connectivity index (χ2v) is 7.72. The second kappa shape index (κ2) is 8.58. The average molecular weight is 363 g/mol. The molecule has 142 valence electrons. The molecule has 3 rings (SSSR count). The molecule has 1 atom stereocenters. The first-order valence-corrected chi connectivity index (χ1v) is 9.84. The summed E-state index contributed by atoms with van der Waals surface area (Å²) in [5.41, 5.74) is 6.14. The van der Waals surface area contributed by atoms with Crippen LogP contribution in [0.2, 0.25) is 0 Å². The van der Waals surface area contributed by atoms with E-state index in [1.54, 1.807) is 0 Å². The Balaban J connectivity index is 1.73. The highest BCUT2D eigenvalue weighted by atomic mass is 16.6. The van der Waals surface area contributed by atoms with Crippen LogP contribution in [0.1, 0.15) is 56.7 Å². The van der Waals surface area contributed by atoms with Gasteiger partial charge in [-0.25, -0.2) is 0 Å². The third kappa shape index (κ3) is 4.90. The molecule has 0 saturated carbocycles. The van der Waals surface area contributed by atoms with E-state index in [2.05, 4.69) is 39.0 Å². The van der Waals surface area contributed by atoms with Crippen LogP contribution in [-0.2, 0) is 18.6 Å². The van der Waals surface area contributed by atoms with E-state index in [0.29, 0.717) is 6.42 Å². The molecule has 1 aliphatic heterocycles. The highest BCUT2D eigenvalue weighted by Gasteiger charge is 2.36. The first-order chi connectivity index (χ1) is 13.0. The Morgan fingerprint density at radius 1 is 1.04 bits per heavy atom. The summed E-state index contributed by atoms with van der Waals surface area (Å²) in [6.07, 6.45) is 9.13. The van der Waals surface area contributed by atoms with Crippen molar-refractivity contribution in [2.24, 2.45) is 0 Å². The topological polar surface area (TPSA) is 29.5 Å². The van der Waals surface area contributed by atoms with E-state index < -0.39 is 5.79 Å². The van der Waals surface area contributed by atoms with E-state index in [1.165, 1.54) is 22.3 Å². The van der Waals surface area contributed by atoms with E-state index in [0.717, 1.165) is 37.0 Å². The first kappa shape index (κ1) is 19.4. The molecule has 0 saturated heterocycles. The van der Waals surface area contributed by atoms with Gasteiger partial charge in [-0.3, -0.25) is 0 Å². The van der Waals surface area contributed by atoms with Gasteiger partial charge in [0.05, 0.1) is 0 Å². The quantitative estimate of drug-likeness (QED) is 0.630. The lowest BCUT2D eigenvalue weighted by molar-refractivity contribution is -0.158. The maximum atomic E-state index is 11.0. The normalized spacial score (nSPS) is 19.2. The van der Waals surface area contributed by atoms with Crippen LogP contribution in [0.4, 0.5) is 0 Å². The van der Waals surface area contributed by atoms with Crippen molar-refractivity contribution in [3.8, 4) is 5.75 Å².